The molecule has 0 aromatic heterocycles. The van der Waals surface area contributed by atoms with Crippen LogP contribution in [-0.4, -0.2) is 51.5 Å². The summed E-state index contributed by atoms with van der Waals surface area (Å²) in [5.41, 5.74) is 5.39. The number of hydrogen-bond donors (Lipinski definition) is 1. The van der Waals surface area contributed by atoms with E-state index < -0.39 is 9.84 Å². The van der Waals surface area contributed by atoms with E-state index >= 15 is 0 Å². The third-order valence-corrected chi connectivity index (χ3v) is 4.15. The average molecular weight is 236 g/mol. The van der Waals surface area contributed by atoms with E-state index in [1.54, 1.807) is 6.92 Å². The molecule has 0 aliphatic carbocycles. The van der Waals surface area contributed by atoms with Crippen molar-refractivity contribution in [3.8, 4) is 0 Å². The molecule has 0 heterocycles. The van der Waals surface area contributed by atoms with E-state index in [1.165, 1.54) is 0 Å². The molecule has 0 radical (unpaired) electrons. The van der Waals surface area contributed by atoms with E-state index in [4.69, 9.17) is 5.73 Å². The van der Waals surface area contributed by atoms with Crippen LogP contribution in [0.4, 0.5) is 0 Å². The van der Waals surface area contributed by atoms with Crippen molar-refractivity contribution < 1.29 is 8.42 Å². The normalized spacial score (nSPS) is 12.3. The molecule has 4 nitrogen and oxygen atoms in total. The lowest BCUT2D eigenvalue weighted by Crippen LogP contribution is -2.27. The van der Waals surface area contributed by atoms with Crippen LogP contribution in [0.5, 0.6) is 0 Å². The standard InChI is InChI=1S/C10H24N2O2S/c1-3-15(13,14)10-9-12(2)8-6-4-5-7-11/h3-11H2,1-2H3. The Kier molecular flexibility index (Phi) is 8.00. The minimum absolute atomic E-state index is 0.244. The molecule has 0 fully saturated rings. The number of unbranched alkanes of at least 4 members (excludes halogenated alkanes) is 2. The molecule has 0 rings (SSSR count). The van der Waals surface area contributed by atoms with Gasteiger partial charge in [-0.25, -0.2) is 8.42 Å². The Balaban J connectivity index is 3.53. The van der Waals surface area contributed by atoms with Gasteiger partial charge in [0.25, 0.3) is 0 Å². The monoisotopic (exact) mass is 236 g/mol. The number of sulfone groups is 1. The van der Waals surface area contributed by atoms with Gasteiger partial charge in [-0.1, -0.05) is 13.3 Å². The average Bonchev–Trinajstić information content (AvgIpc) is 2.22. The molecular weight excluding hydrogens is 212 g/mol. The van der Waals surface area contributed by atoms with Crippen molar-refractivity contribution in [3.05, 3.63) is 0 Å². The van der Waals surface area contributed by atoms with Gasteiger partial charge in [0, 0.05) is 12.3 Å². The van der Waals surface area contributed by atoms with Gasteiger partial charge in [0.15, 0.2) is 9.84 Å². The fourth-order valence-corrected chi connectivity index (χ4v) is 2.13. The molecule has 2 N–H and O–H groups in total. The quantitative estimate of drug-likeness (QED) is 0.592. The van der Waals surface area contributed by atoms with Gasteiger partial charge in [0.2, 0.25) is 0 Å². The Morgan fingerprint density at radius 3 is 2.33 bits per heavy atom. The van der Waals surface area contributed by atoms with E-state index in [2.05, 4.69) is 4.90 Å². The first-order valence-electron chi connectivity index (χ1n) is 5.61. The molecular formula is C10H24N2O2S. The third kappa shape index (κ3) is 8.84. The highest BCUT2D eigenvalue weighted by Gasteiger charge is 2.08. The Morgan fingerprint density at radius 2 is 1.80 bits per heavy atom. The van der Waals surface area contributed by atoms with Crippen LogP contribution >= 0.6 is 0 Å². The summed E-state index contributed by atoms with van der Waals surface area (Å²) in [6.45, 7) is 4.03. The summed E-state index contributed by atoms with van der Waals surface area (Å²) in [5.74, 6) is 0.519. The molecule has 0 aromatic rings. The van der Waals surface area contributed by atoms with Crippen molar-refractivity contribution in [1.82, 2.24) is 4.90 Å². The lowest BCUT2D eigenvalue weighted by atomic mass is 10.2. The van der Waals surface area contributed by atoms with Crippen molar-refractivity contribution in [2.75, 3.05) is 38.2 Å². The van der Waals surface area contributed by atoms with Crippen molar-refractivity contribution in [2.45, 2.75) is 26.2 Å². The smallest absolute Gasteiger partial charge is 0.151 e. The van der Waals surface area contributed by atoms with Crippen LogP contribution < -0.4 is 5.73 Å². The lowest BCUT2D eigenvalue weighted by molar-refractivity contribution is 0.342. The predicted octanol–water partition coefficient (Wildman–Crippen LogP) is 0.482. The van der Waals surface area contributed by atoms with Gasteiger partial charge in [0.05, 0.1) is 5.75 Å². The first-order valence-corrected chi connectivity index (χ1v) is 7.43. The second-order valence-electron chi connectivity index (χ2n) is 3.89. The fraction of sp³-hybridized carbons (Fsp3) is 1.00. The SMILES string of the molecule is CCS(=O)(=O)CCN(C)CCCCCN. The predicted molar refractivity (Wildman–Crippen MR) is 64.7 cm³/mol. The largest absolute Gasteiger partial charge is 0.330 e. The molecule has 0 amide bonds. The Morgan fingerprint density at radius 1 is 1.13 bits per heavy atom. The molecule has 0 bridgehead atoms. The maximum atomic E-state index is 11.2. The van der Waals surface area contributed by atoms with Gasteiger partial charge in [-0.15, -0.1) is 0 Å². The second kappa shape index (κ2) is 8.07. The molecule has 0 unspecified atom stereocenters. The molecule has 0 aliphatic rings. The summed E-state index contributed by atoms with van der Waals surface area (Å²) in [6, 6.07) is 0. The summed E-state index contributed by atoms with van der Waals surface area (Å²) >= 11 is 0. The van der Waals surface area contributed by atoms with Crippen LogP contribution in [0.2, 0.25) is 0 Å². The molecule has 0 aliphatic heterocycles. The van der Waals surface area contributed by atoms with Gasteiger partial charge < -0.3 is 10.6 Å². The van der Waals surface area contributed by atoms with Crippen molar-refractivity contribution in [1.29, 1.82) is 0 Å². The maximum absolute atomic E-state index is 11.2. The molecule has 0 saturated heterocycles. The minimum atomic E-state index is -2.81. The Hall–Kier alpha value is -0.130. The van der Waals surface area contributed by atoms with Gasteiger partial charge in [-0.2, -0.15) is 0 Å². The van der Waals surface area contributed by atoms with Crippen LogP contribution in [-0.2, 0) is 9.84 Å². The highest BCUT2D eigenvalue weighted by molar-refractivity contribution is 7.91. The Labute approximate surface area is 93.7 Å². The molecule has 0 atom stereocenters. The lowest BCUT2D eigenvalue weighted by Gasteiger charge is -2.15. The van der Waals surface area contributed by atoms with E-state index in [1.807, 2.05) is 7.05 Å². The van der Waals surface area contributed by atoms with Gasteiger partial charge in [0.1, 0.15) is 0 Å². The summed E-state index contributed by atoms with van der Waals surface area (Å²) in [4.78, 5) is 2.07. The summed E-state index contributed by atoms with van der Waals surface area (Å²) in [6.07, 6.45) is 3.28. The van der Waals surface area contributed by atoms with Crippen molar-refractivity contribution in [3.63, 3.8) is 0 Å². The van der Waals surface area contributed by atoms with Crippen molar-refractivity contribution >= 4 is 9.84 Å². The van der Waals surface area contributed by atoms with Gasteiger partial charge in [-0.3, -0.25) is 0 Å². The van der Waals surface area contributed by atoms with Crippen LogP contribution in [0.3, 0.4) is 0 Å². The molecule has 92 valence electrons. The topological polar surface area (TPSA) is 63.4 Å². The Bertz CT molecular complexity index is 240. The van der Waals surface area contributed by atoms with E-state index in [-0.39, 0.29) is 11.5 Å². The summed E-state index contributed by atoms with van der Waals surface area (Å²) in [5, 5.41) is 0. The number of nitrogens with zero attached hydrogens (tertiary/aromatic N) is 1. The van der Waals surface area contributed by atoms with Crippen LogP contribution in [0.15, 0.2) is 0 Å². The number of rotatable bonds is 9. The fourth-order valence-electron chi connectivity index (χ4n) is 1.25. The molecule has 0 spiro atoms. The summed E-state index contributed by atoms with van der Waals surface area (Å²) in [7, 11) is -0.846. The number of nitrogens with two attached hydrogens (primary N) is 1. The third-order valence-electron chi connectivity index (χ3n) is 2.47. The number of hydrogen-bond acceptors (Lipinski definition) is 4. The molecule has 15 heavy (non-hydrogen) atoms. The van der Waals surface area contributed by atoms with E-state index in [9.17, 15) is 8.42 Å². The highest BCUT2D eigenvalue weighted by atomic mass is 32.2. The second-order valence-corrected chi connectivity index (χ2v) is 6.36. The van der Waals surface area contributed by atoms with Crippen LogP contribution in [0.25, 0.3) is 0 Å². The van der Waals surface area contributed by atoms with Gasteiger partial charge in [-0.05, 0) is 33.0 Å². The van der Waals surface area contributed by atoms with Crippen LogP contribution in [0, 0.1) is 0 Å². The molecule has 0 aromatic carbocycles. The molecule has 5 heteroatoms. The van der Waals surface area contributed by atoms with Crippen molar-refractivity contribution in [2.24, 2.45) is 5.73 Å². The van der Waals surface area contributed by atoms with E-state index in [0.717, 1.165) is 32.4 Å². The van der Waals surface area contributed by atoms with Gasteiger partial charge >= 0.3 is 0 Å². The molecule has 0 saturated carbocycles. The maximum Gasteiger partial charge on any atom is 0.151 e. The first kappa shape index (κ1) is 14.9. The highest BCUT2D eigenvalue weighted by Crippen LogP contribution is 1.97. The zero-order chi connectivity index (χ0) is 11.7. The summed E-state index contributed by atoms with van der Waals surface area (Å²) < 4.78 is 22.5. The zero-order valence-electron chi connectivity index (χ0n) is 9.91. The zero-order valence-corrected chi connectivity index (χ0v) is 10.7. The van der Waals surface area contributed by atoms with E-state index in [0.29, 0.717) is 6.54 Å². The van der Waals surface area contributed by atoms with Crippen LogP contribution in [0.1, 0.15) is 26.2 Å². The minimum Gasteiger partial charge on any atom is -0.330 e. The first-order chi connectivity index (χ1) is 7.02.